The standard InChI is InChI=1S/C18H22ClNO4/c1-18(2)8-9-20(11-12(18)10-15(21)22)16(17(23)24-3)13-6-4-5-7-14(13)19/h4-7,10,16H,8-9,11H2,1-3H3,(H,21,22)/b12-10-/t16-/m0/s1. The molecule has 1 N–H and O–H groups in total. The lowest BCUT2D eigenvalue weighted by Crippen LogP contribution is -2.44. The molecule has 1 aliphatic rings. The summed E-state index contributed by atoms with van der Waals surface area (Å²) in [6.07, 6.45) is 1.98. The number of likely N-dealkylation sites (tertiary alicyclic amines) is 1. The molecule has 0 saturated carbocycles. The molecule has 5 nitrogen and oxygen atoms in total. The fourth-order valence-electron chi connectivity index (χ4n) is 2.99. The van der Waals surface area contributed by atoms with Crippen molar-refractivity contribution in [1.82, 2.24) is 4.90 Å². The Morgan fingerprint density at radius 2 is 2.04 bits per heavy atom. The van der Waals surface area contributed by atoms with Crippen molar-refractivity contribution in [3.05, 3.63) is 46.5 Å². The molecule has 1 aromatic rings. The van der Waals surface area contributed by atoms with Gasteiger partial charge in [0.1, 0.15) is 6.04 Å². The van der Waals surface area contributed by atoms with Crippen LogP contribution in [0.1, 0.15) is 31.9 Å². The summed E-state index contributed by atoms with van der Waals surface area (Å²) in [5, 5.41) is 9.62. The normalized spacial score (nSPS) is 20.6. The average molecular weight is 352 g/mol. The van der Waals surface area contributed by atoms with E-state index in [4.69, 9.17) is 21.4 Å². The molecule has 0 unspecified atom stereocenters. The smallest absolute Gasteiger partial charge is 0.328 e. The lowest BCUT2D eigenvalue weighted by molar-refractivity contribution is -0.147. The first-order chi connectivity index (χ1) is 11.3. The summed E-state index contributed by atoms with van der Waals surface area (Å²) in [7, 11) is 1.34. The van der Waals surface area contributed by atoms with E-state index in [1.165, 1.54) is 13.2 Å². The molecule has 0 aliphatic carbocycles. The molecule has 1 aromatic carbocycles. The van der Waals surface area contributed by atoms with Gasteiger partial charge in [0.15, 0.2) is 0 Å². The molecule has 1 fully saturated rings. The first-order valence-corrected chi connectivity index (χ1v) is 8.14. The van der Waals surface area contributed by atoms with Crippen LogP contribution in [0.5, 0.6) is 0 Å². The topological polar surface area (TPSA) is 66.8 Å². The number of rotatable bonds is 4. The monoisotopic (exact) mass is 351 g/mol. The number of carbonyl (C=O) groups excluding carboxylic acids is 1. The van der Waals surface area contributed by atoms with E-state index in [-0.39, 0.29) is 5.41 Å². The number of hydrogen-bond donors (Lipinski definition) is 1. The van der Waals surface area contributed by atoms with E-state index in [1.54, 1.807) is 18.2 Å². The van der Waals surface area contributed by atoms with Gasteiger partial charge in [-0.2, -0.15) is 0 Å². The average Bonchev–Trinajstić information content (AvgIpc) is 2.52. The van der Waals surface area contributed by atoms with Gasteiger partial charge in [-0.25, -0.2) is 9.59 Å². The van der Waals surface area contributed by atoms with Crippen molar-refractivity contribution in [3.8, 4) is 0 Å². The molecule has 0 bridgehead atoms. The third kappa shape index (κ3) is 3.97. The van der Waals surface area contributed by atoms with Crippen LogP contribution >= 0.6 is 11.6 Å². The summed E-state index contributed by atoms with van der Waals surface area (Å²) >= 11 is 6.27. The Balaban J connectivity index is 2.40. The Bertz CT molecular complexity index is 669. The number of methoxy groups -OCH3 is 1. The molecule has 0 spiro atoms. The molecule has 1 aliphatic heterocycles. The molecule has 130 valence electrons. The highest BCUT2D eigenvalue weighted by Crippen LogP contribution is 2.39. The highest BCUT2D eigenvalue weighted by Gasteiger charge is 2.38. The second kappa shape index (κ2) is 7.36. The molecule has 0 amide bonds. The molecule has 0 radical (unpaired) electrons. The van der Waals surface area contributed by atoms with Gasteiger partial charge in [0, 0.05) is 24.2 Å². The molecule has 2 rings (SSSR count). The lowest BCUT2D eigenvalue weighted by Gasteiger charge is -2.42. The highest BCUT2D eigenvalue weighted by molar-refractivity contribution is 6.31. The SMILES string of the molecule is COC(=O)[C@H](c1ccccc1Cl)N1CCC(C)(C)/C(=C\C(=O)O)C1. The van der Waals surface area contributed by atoms with Gasteiger partial charge < -0.3 is 9.84 Å². The van der Waals surface area contributed by atoms with Crippen LogP contribution in [0, 0.1) is 5.41 Å². The summed E-state index contributed by atoms with van der Waals surface area (Å²) in [5.74, 6) is -1.38. The van der Waals surface area contributed by atoms with Gasteiger partial charge in [0.2, 0.25) is 0 Å². The second-order valence-electron chi connectivity index (χ2n) is 6.56. The van der Waals surface area contributed by atoms with Crippen LogP contribution in [-0.2, 0) is 14.3 Å². The first kappa shape index (κ1) is 18.5. The van der Waals surface area contributed by atoms with Gasteiger partial charge in [-0.1, -0.05) is 43.6 Å². The number of carboxylic acids is 1. The van der Waals surface area contributed by atoms with Gasteiger partial charge in [-0.15, -0.1) is 0 Å². The Morgan fingerprint density at radius 3 is 2.62 bits per heavy atom. The maximum Gasteiger partial charge on any atom is 0.328 e. The Labute approximate surface area is 146 Å². The van der Waals surface area contributed by atoms with Crippen molar-refractivity contribution in [2.24, 2.45) is 5.41 Å². The van der Waals surface area contributed by atoms with Crippen LogP contribution in [0.4, 0.5) is 0 Å². The summed E-state index contributed by atoms with van der Waals surface area (Å²) in [6.45, 7) is 5.06. The van der Waals surface area contributed by atoms with E-state index in [2.05, 4.69) is 0 Å². The number of carbonyl (C=O) groups is 2. The number of halogens is 1. The molecule has 1 atom stereocenters. The molecular formula is C18H22ClNO4. The number of piperidine rings is 1. The molecular weight excluding hydrogens is 330 g/mol. The molecule has 24 heavy (non-hydrogen) atoms. The number of carboxylic acid groups (broad SMARTS) is 1. The van der Waals surface area contributed by atoms with Crippen LogP contribution in [0.15, 0.2) is 35.9 Å². The van der Waals surface area contributed by atoms with Crippen LogP contribution < -0.4 is 0 Å². The Morgan fingerprint density at radius 1 is 1.38 bits per heavy atom. The zero-order chi connectivity index (χ0) is 17.9. The summed E-state index contributed by atoms with van der Waals surface area (Å²) in [4.78, 5) is 25.5. The summed E-state index contributed by atoms with van der Waals surface area (Å²) in [6, 6.07) is 6.49. The van der Waals surface area contributed by atoms with Crippen molar-refractivity contribution < 1.29 is 19.4 Å². The van der Waals surface area contributed by atoms with E-state index < -0.39 is 18.0 Å². The third-order valence-corrected chi connectivity index (χ3v) is 4.90. The zero-order valence-corrected chi connectivity index (χ0v) is 14.8. The minimum atomic E-state index is -0.979. The quantitative estimate of drug-likeness (QED) is 0.666. The number of benzene rings is 1. The number of esters is 1. The predicted octanol–water partition coefficient (Wildman–Crippen LogP) is 3.30. The fraction of sp³-hybridized carbons (Fsp3) is 0.444. The Hall–Kier alpha value is -1.85. The molecule has 0 aromatic heterocycles. The van der Waals surface area contributed by atoms with Crippen molar-refractivity contribution in [1.29, 1.82) is 0 Å². The van der Waals surface area contributed by atoms with Crippen LogP contribution in [-0.4, -0.2) is 42.1 Å². The minimum absolute atomic E-state index is 0.226. The minimum Gasteiger partial charge on any atom is -0.478 e. The van der Waals surface area contributed by atoms with Crippen LogP contribution in [0.2, 0.25) is 5.02 Å². The molecule has 1 heterocycles. The largest absolute Gasteiger partial charge is 0.478 e. The van der Waals surface area contributed by atoms with Gasteiger partial charge in [0.25, 0.3) is 0 Å². The van der Waals surface area contributed by atoms with Crippen molar-refractivity contribution in [2.45, 2.75) is 26.3 Å². The van der Waals surface area contributed by atoms with Crippen LogP contribution in [0.25, 0.3) is 0 Å². The fourth-order valence-corrected chi connectivity index (χ4v) is 3.23. The van der Waals surface area contributed by atoms with Gasteiger partial charge in [-0.3, -0.25) is 4.90 Å². The number of nitrogens with zero attached hydrogens (tertiary/aromatic N) is 1. The van der Waals surface area contributed by atoms with E-state index in [0.29, 0.717) is 23.7 Å². The molecule has 6 heteroatoms. The van der Waals surface area contributed by atoms with Crippen molar-refractivity contribution >= 4 is 23.5 Å². The predicted molar refractivity (Wildman–Crippen MR) is 91.9 cm³/mol. The Kier molecular flexibility index (Phi) is 5.67. The summed E-state index contributed by atoms with van der Waals surface area (Å²) < 4.78 is 4.97. The zero-order valence-electron chi connectivity index (χ0n) is 14.1. The number of hydrogen-bond acceptors (Lipinski definition) is 4. The van der Waals surface area contributed by atoms with Gasteiger partial charge in [0.05, 0.1) is 7.11 Å². The maximum absolute atomic E-state index is 12.4. The third-order valence-electron chi connectivity index (χ3n) is 4.55. The van der Waals surface area contributed by atoms with Crippen molar-refractivity contribution in [3.63, 3.8) is 0 Å². The first-order valence-electron chi connectivity index (χ1n) is 7.76. The summed E-state index contributed by atoms with van der Waals surface area (Å²) in [5.41, 5.74) is 1.22. The van der Waals surface area contributed by atoms with Gasteiger partial charge in [-0.05, 0) is 29.0 Å². The highest BCUT2D eigenvalue weighted by atomic mass is 35.5. The maximum atomic E-state index is 12.4. The van der Waals surface area contributed by atoms with E-state index in [1.807, 2.05) is 24.8 Å². The van der Waals surface area contributed by atoms with E-state index >= 15 is 0 Å². The van der Waals surface area contributed by atoms with E-state index in [9.17, 15) is 9.59 Å². The van der Waals surface area contributed by atoms with E-state index in [0.717, 1.165) is 12.0 Å². The number of ether oxygens (including phenoxy) is 1. The molecule has 1 saturated heterocycles. The lowest BCUT2D eigenvalue weighted by atomic mass is 9.77. The van der Waals surface area contributed by atoms with Crippen molar-refractivity contribution in [2.75, 3.05) is 20.2 Å². The number of aliphatic carboxylic acids is 1. The van der Waals surface area contributed by atoms with Gasteiger partial charge >= 0.3 is 11.9 Å². The van der Waals surface area contributed by atoms with Crippen LogP contribution in [0.3, 0.4) is 0 Å². The second-order valence-corrected chi connectivity index (χ2v) is 6.97.